The van der Waals surface area contributed by atoms with Crippen molar-refractivity contribution in [1.29, 1.82) is 0 Å². The molecule has 1 amide bonds. The van der Waals surface area contributed by atoms with E-state index in [-0.39, 0.29) is 17.4 Å². The Bertz CT molecular complexity index is 1180. The summed E-state index contributed by atoms with van der Waals surface area (Å²) < 4.78 is 5.01. The van der Waals surface area contributed by atoms with Crippen molar-refractivity contribution in [3.8, 4) is 0 Å². The minimum Gasteiger partial charge on any atom is -0.467 e. The van der Waals surface area contributed by atoms with Crippen LogP contribution < -0.4 is 21.7 Å². The highest BCUT2D eigenvalue weighted by Gasteiger charge is 2.62. The fourth-order valence-electron chi connectivity index (χ4n) is 11.3. The van der Waals surface area contributed by atoms with E-state index in [1.165, 1.54) is 52.1 Å². The topological polar surface area (TPSA) is 126 Å². The number of esters is 1. The molecule has 1 aromatic carbocycles. The van der Waals surface area contributed by atoms with Gasteiger partial charge in [-0.15, -0.1) is 0 Å². The number of hydrogen-bond donors (Lipinski definition) is 5. The summed E-state index contributed by atoms with van der Waals surface area (Å²) in [5.74, 6) is 2.64. The molecular weight excluding hydrogens is 600 g/mol. The van der Waals surface area contributed by atoms with E-state index in [1.54, 1.807) is 0 Å². The Hall–Kier alpha value is -2.00. The SMILES string of the molecule is COC(=O)[C@H](Cc1ccccc1)NC(=O)CC[C@@H](C)[C@H]1CC[C@H]2[C@@H]3[C@H](O)C[C@@H]4C[C@@H](NCCCNCCCN)CC[C@]4(C)[C@H]3CC[C@]12C. The number of methoxy groups -OCH3 is 1. The predicted molar refractivity (Wildman–Crippen MR) is 192 cm³/mol. The van der Waals surface area contributed by atoms with Crippen molar-refractivity contribution >= 4 is 11.9 Å². The molecule has 1 aromatic rings. The number of hydrogen-bond acceptors (Lipinski definition) is 7. The molecule has 8 heteroatoms. The maximum absolute atomic E-state index is 13.1. The molecule has 0 unspecified atom stereocenters. The van der Waals surface area contributed by atoms with E-state index in [0.717, 1.165) is 57.4 Å². The lowest BCUT2D eigenvalue weighted by Crippen LogP contribution is -2.59. The molecule has 270 valence electrons. The fourth-order valence-corrected chi connectivity index (χ4v) is 11.3. The Kier molecular flexibility index (Phi) is 13.0. The Labute approximate surface area is 290 Å². The van der Waals surface area contributed by atoms with Crippen LogP contribution in [0, 0.1) is 46.3 Å². The van der Waals surface area contributed by atoms with Crippen LogP contribution in [-0.2, 0) is 20.7 Å². The number of nitrogens with one attached hydrogen (secondary N) is 3. The number of aliphatic hydroxyl groups excluding tert-OH is 1. The Morgan fingerprint density at radius 1 is 0.979 bits per heavy atom. The second kappa shape index (κ2) is 16.8. The van der Waals surface area contributed by atoms with E-state index in [1.807, 2.05) is 30.3 Å². The van der Waals surface area contributed by atoms with Gasteiger partial charge in [0.05, 0.1) is 13.2 Å². The van der Waals surface area contributed by atoms with Gasteiger partial charge in [-0.05, 0) is 149 Å². The third-order valence-corrected chi connectivity index (χ3v) is 13.9. The zero-order chi connectivity index (χ0) is 34.3. The maximum atomic E-state index is 13.1. The zero-order valence-electron chi connectivity index (χ0n) is 30.4. The first kappa shape index (κ1) is 37.3. The molecule has 4 aliphatic carbocycles. The van der Waals surface area contributed by atoms with Crippen LogP contribution in [0.2, 0.25) is 0 Å². The molecule has 4 aliphatic rings. The summed E-state index contributed by atoms with van der Waals surface area (Å²) >= 11 is 0. The Balaban J connectivity index is 1.13. The van der Waals surface area contributed by atoms with Crippen LogP contribution in [0.25, 0.3) is 0 Å². The van der Waals surface area contributed by atoms with Gasteiger partial charge in [-0.3, -0.25) is 4.79 Å². The number of carbonyl (C=O) groups is 2. The fraction of sp³-hybridized carbons (Fsp3) is 0.800. The van der Waals surface area contributed by atoms with Gasteiger partial charge >= 0.3 is 5.97 Å². The molecule has 0 bridgehead atoms. The molecule has 0 spiro atoms. The van der Waals surface area contributed by atoms with Crippen molar-refractivity contribution in [2.45, 2.75) is 122 Å². The molecule has 0 radical (unpaired) electrons. The van der Waals surface area contributed by atoms with Gasteiger partial charge in [0, 0.05) is 18.9 Å². The minimum atomic E-state index is -0.679. The van der Waals surface area contributed by atoms with E-state index in [4.69, 9.17) is 10.5 Å². The summed E-state index contributed by atoms with van der Waals surface area (Å²) in [5.41, 5.74) is 7.13. The number of rotatable bonds is 16. The number of amides is 1. The average Bonchev–Trinajstić information content (AvgIpc) is 3.44. The van der Waals surface area contributed by atoms with Crippen LogP contribution >= 0.6 is 0 Å². The van der Waals surface area contributed by atoms with Crippen LogP contribution in [0.15, 0.2) is 30.3 Å². The first-order valence-electron chi connectivity index (χ1n) is 19.3. The van der Waals surface area contributed by atoms with Crippen LogP contribution in [-0.4, -0.2) is 68.5 Å². The molecular formula is C40H66N4O4. The van der Waals surface area contributed by atoms with Gasteiger partial charge in [-0.1, -0.05) is 51.1 Å². The highest BCUT2D eigenvalue weighted by molar-refractivity contribution is 5.84. The van der Waals surface area contributed by atoms with Crippen molar-refractivity contribution in [2.24, 2.45) is 52.1 Å². The molecule has 0 heterocycles. The van der Waals surface area contributed by atoms with Crippen molar-refractivity contribution in [2.75, 3.05) is 33.3 Å². The van der Waals surface area contributed by atoms with Crippen LogP contribution in [0.4, 0.5) is 0 Å². The molecule has 4 fully saturated rings. The highest BCUT2D eigenvalue weighted by Crippen LogP contribution is 2.68. The second-order valence-electron chi connectivity index (χ2n) is 16.5. The lowest BCUT2D eigenvalue weighted by molar-refractivity contribution is -0.167. The number of fused-ring (bicyclic) bond motifs is 5. The second-order valence-corrected chi connectivity index (χ2v) is 16.5. The summed E-state index contributed by atoms with van der Waals surface area (Å²) in [7, 11) is 1.37. The molecule has 11 atom stereocenters. The molecule has 8 nitrogen and oxygen atoms in total. The summed E-state index contributed by atoms with van der Waals surface area (Å²) in [6.45, 7) is 11.3. The van der Waals surface area contributed by atoms with Crippen LogP contribution in [0.3, 0.4) is 0 Å². The monoisotopic (exact) mass is 667 g/mol. The number of benzene rings is 1. The minimum absolute atomic E-state index is 0.0810. The van der Waals surface area contributed by atoms with Gasteiger partial charge in [0.15, 0.2) is 0 Å². The zero-order valence-corrected chi connectivity index (χ0v) is 30.4. The summed E-state index contributed by atoms with van der Waals surface area (Å²) in [5, 5.41) is 22.2. The highest BCUT2D eigenvalue weighted by atomic mass is 16.5. The number of nitrogens with two attached hydrogens (primary N) is 1. The smallest absolute Gasteiger partial charge is 0.328 e. The van der Waals surface area contributed by atoms with Crippen molar-refractivity contribution in [3.63, 3.8) is 0 Å². The summed E-state index contributed by atoms with van der Waals surface area (Å²) in [4.78, 5) is 25.6. The van der Waals surface area contributed by atoms with Gasteiger partial charge in [-0.2, -0.15) is 0 Å². The largest absolute Gasteiger partial charge is 0.467 e. The first-order valence-corrected chi connectivity index (χ1v) is 19.3. The van der Waals surface area contributed by atoms with E-state index >= 15 is 0 Å². The third kappa shape index (κ3) is 8.30. The molecule has 0 aliphatic heterocycles. The van der Waals surface area contributed by atoms with Crippen molar-refractivity contribution in [1.82, 2.24) is 16.0 Å². The van der Waals surface area contributed by atoms with Gasteiger partial charge in [0.2, 0.25) is 5.91 Å². The van der Waals surface area contributed by atoms with E-state index in [0.29, 0.717) is 59.8 Å². The number of carbonyl (C=O) groups excluding carboxylic acids is 2. The van der Waals surface area contributed by atoms with Gasteiger partial charge in [0.1, 0.15) is 6.04 Å². The Morgan fingerprint density at radius 3 is 2.46 bits per heavy atom. The molecule has 0 saturated heterocycles. The standard InChI is InChI=1S/C40H66N4O4/c1-27(12-15-36(46)44-34(38(47)48-4)24-28-10-6-5-7-11-28)31-13-14-32-37-33(17-19-40(31,32)3)39(2)18-16-30(25-29(39)26-35(37)45)43-23-9-22-42-21-8-20-41/h5-7,10-11,27,29-35,37,42-43,45H,8-9,12-26,41H2,1-4H3,(H,44,46)/t27-,29+,30+,31-,32+,33+,34+,35-,37+,39+,40-/m1/s1. The first-order chi connectivity index (χ1) is 23.1. The third-order valence-electron chi connectivity index (χ3n) is 13.9. The molecule has 0 aromatic heterocycles. The average molecular weight is 667 g/mol. The number of aliphatic hydroxyl groups is 1. The lowest BCUT2D eigenvalue weighted by Gasteiger charge is -2.62. The summed E-state index contributed by atoms with van der Waals surface area (Å²) in [6, 6.07) is 9.65. The van der Waals surface area contributed by atoms with Crippen LogP contribution in [0.1, 0.15) is 103 Å². The van der Waals surface area contributed by atoms with E-state index in [2.05, 4.69) is 36.7 Å². The molecule has 5 rings (SSSR count). The van der Waals surface area contributed by atoms with Gasteiger partial charge in [-0.25, -0.2) is 4.79 Å². The lowest BCUT2D eigenvalue weighted by atomic mass is 9.43. The summed E-state index contributed by atoms with van der Waals surface area (Å²) in [6.07, 6.45) is 13.1. The molecule has 48 heavy (non-hydrogen) atoms. The van der Waals surface area contributed by atoms with Crippen molar-refractivity contribution in [3.05, 3.63) is 35.9 Å². The number of ether oxygens (including phenoxy) is 1. The molecule has 6 N–H and O–H groups in total. The molecule has 4 saturated carbocycles. The van der Waals surface area contributed by atoms with Gasteiger partial charge < -0.3 is 31.5 Å². The van der Waals surface area contributed by atoms with E-state index in [9.17, 15) is 14.7 Å². The van der Waals surface area contributed by atoms with Gasteiger partial charge in [0.25, 0.3) is 0 Å². The van der Waals surface area contributed by atoms with Crippen molar-refractivity contribution < 1.29 is 19.4 Å². The maximum Gasteiger partial charge on any atom is 0.328 e. The van der Waals surface area contributed by atoms with Crippen LogP contribution in [0.5, 0.6) is 0 Å². The Morgan fingerprint density at radius 2 is 1.71 bits per heavy atom. The normalized spacial score (nSPS) is 35.5. The predicted octanol–water partition coefficient (Wildman–Crippen LogP) is 5.22. The quantitative estimate of drug-likeness (QED) is 0.121. The van der Waals surface area contributed by atoms with E-state index < -0.39 is 12.0 Å².